The van der Waals surface area contributed by atoms with E-state index in [0.717, 1.165) is 55.9 Å². The lowest BCUT2D eigenvalue weighted by Crippen LogP contribution is -2.47. The number of aromatic amines is 1. The van der Waals surface area contributed by atoms with Crippen molar-refractivity contribution in [1.29, 1.82) is 0 Å². The number of benzene rings is 1. The third kappa shape index (κ3) is 3.28. The van der Waals surface area contributed by atoms with E-state index in [2.05, 4.69) is 16.8 Å². The van der Waals surface area contributed by atoms with Crippen LogP contribution in [0.4, 0.5) is 4.39 Å². The zero-order valence-electron chi connectivity index (χ0n) is 14.5. The van der Waals surface area contributed by atoms with Gasteiger partial charge in [-0.3, -0.25) is 9.69 Å². The first-order chi connectivity index (χ1) is 12.1. The number of rotatable bonds is 3. The summed E-state index contributed by atoms with van der Waals surface area (Å²) in [6.07, 6.45) is 2.13. The van der Waals surface area contributed by atoms with Gasteiger partial charge in [0.15, 0.2) is 0 Å². The maximum atomic E-state index is 13.5. The molecule has 0 radical (unpaired) electrons. The molecule has 2 unspecified atom stereocenters. The van der Waals surface area contributed by atoms with E-state index < -0.39 is 0 Å². The molecule has 0 aliphatic carbocycles. The molecule has 0 spiro atoms. The maximum absolute atomic E-state index is 13.5. The number of nitrogens with zero attached hydrogens (tertiary/aromatic N) is 2. The highest BCUT2D eigenvalue weighted by Crippen LogP contribution is 2.25. The Hall–Kier alpha value is -1.92. The van der Waals surface area contributed by atoms with Gasteiger partial charge in [0, 0.05) is 49.3 Å². The number of nitrogens with one attached hydrogen (secondary N) is 1. The molecule has 1 N–H and O–H groups in total. The van der Waals surface area contributed by atoms with E-state index in [9.17, 15) is 9.18 Å². The molecule has 1 amide bonds. The molecule has 3 heterocycles. The lowest BCUT2D eigenvalue weighted by Gasteiger charge is -2.34. The fourth-order valence-corrected chi connectivity index (χ4v) is 4.11. The number of ether oxygens (including phenoxy) is 1. The van der Waals surface area contributed by atoms with Crippen molar-refractivity contribution in [2.24, 2.45) is 5.92 Å². The third-order valence-corrected chi connectivity index (χ3v) is 5.51. The van der Waals surface area contributed by atoms with Crippen molar-refractivity contribution in [3.8, 4) is 0 Å². The fraction of sp³-hybridized carbons (Fsp3) is 0.526. The summed E-state index contributed by atoms with van der Waals surface area (Å²) < 4.78 is 18.9. The number of hydrogen-bond donors (Lipinski definition) is 1. The number of hydrogen-bond acceptors (Lipinski definition) is 3. The molecule has 0 saturated carbocycles. The highest BCUT2D eigenvalue weighted by atomic mass is 19.1. The van der Waals surface area contributed by atoms with Crippen LogP contribution in [0.15, 0.2) is 24.4 Å². The average molecular weight is 345 g/mol. The maximum Gasteiger partial charge on any atom is 0.227 e. The number of H-pyrrole nitrogens is 1. The van der Waals surface area contributed by atoms with Gasteiger partial charge in [-0.1, -0.05) is 6.92 Å². The number of fused-ring (bicyclic) bond motifs is 1. The summed E-state index contributed by atoms with van der Waals surface area (Å²) in [5, 5.41) is 0.797. The molecule has 2 aromatic rings. The predicted octanol–water partition coefficient (Wildman–Crippen LogP) is 2.03. The Morgan fingerprint density at radius 2 is 2.12 bits per heavy atom. The molecular weight excluding hydrogens is 321 g/mol. The number of likely N-dealkylation sites (tertiary alicyclic amines) is 1. The molecule has 5 nitrogen and oxygen atoms in total. The third-order valence-electron chi connectivity index (χ3n) is 5.51. The SMILES string of the molecule is CC1CN(C(=O)Cc2c[nH]c3ccc(F)cc23)CC1N1CCOCC1. The topological polar surface area (TPSA) is 48.6 Å². The number of morpholine rings is 1. The minimum Gasteiger partial charge on any atom is -0.379 e. The van der Waals surface area contributed by atoms with Crippen molar-refractivity contribution in [1.82, 2.24) is 14.8 Å². The molecule has 2 aliphatic heterocycles. The number of amides is 1. The minimum atomic E-state index is -0.275. The molecule has 134 valence electrons. The van der Waals surface area contributed by atoms with Gasteiger partial charge in [-0.25, -0.2) is 4.39 Å². The van der Waals surface area contributed by atoms with Gasteiger partial charge in [0.1, 0.15) is 5.82 Å². The van der Waals surface area contributed by atoms with Crippen LogP contribution in [0.5, 0.6) is 0 Å². The van der Waals surface area contributed by atoms with Crippen LogP contribution in [-0.4, -0.2) is 66.1 Å². The van der Waals surface area contributed by atoms with Gasteiger partial charge >= 0.3 is 0 Å². The van der Waals surface area contributed by atoms with Crippen molar-refractivity contribution in [3.63, 3.8) is 0 Å². The Morgan fingerprint density at radius 3 is 2.92 bits per heavy atom. The van der Waals surface area contributed by atoms with Gasteiger partial charge < -0.3 is 14.6 Å². The van der Waals surface area contributed by atoms with Gasteiger partial charge in [0.25, 0.3) is 0 Å². The van der Waals surface area contributed by atoms with E-state index in [-0.39, 0.29) is 11.7 Å². The number of aromatic nitrogens is 1. The summed E-state index contributed by atoms with van der Waals surface area (Å²) >= 11 is 0. The Labute approximate surface area is 146 Å². The molecule has 2 fully saturated rings. The highest BCUT2D eigenvalue weighted by molar-refractivity contribution is 5.89. The number of carbonyl (C=O) groups is 1. The summed E-state index contributed by atoms with van der Waals surface area (Å²) in [5.41, 5.74) is 1.73. The van der Waals surface area contributed by atoms with Gasteiger partial charge in [0.2, 0.25) is 5.91 Å². The fourth-order valence-electron chi connectivity index (χ4n) is 4.11. The summed E-state index contributed by atoms with van der Waals surface area (Å²) in [5.74, 6) is 0.304. The second kappa shape index (κ2) is 6.77. The Kier molecular flexibility index (Phi) is 4.48. The first kappa shape index (κ1) is 16.5. The first-order valence-electron chi connectivity index (χ1n) is 8.97. The zero-order chi connectivity index (χ0) is 17.4. The standard InChI is InChI=1S/C19H24FN3O2/c1-13-11-23(12-18(13)22-4-6-25-7-5-22)19(24)8-14-10-21-17-3-2-15(20)9-16(14)17/h2-3,9-10,13,18,21H,4-8,11-12H2,1H3. The molecular formula is C19H24FN3O2. The molecule has 2 aliphatic rings. The van der Waals surface area contributed by atoms with Crippen LogP contribution in [0.25, 0.3) is 10.9 Å². The molecule has 25 heavy (non-hydrogen) atoms. The molecule has 2 atom stereocenters. The molecule has 4 rings (SSSR count). The van der Waals surface area contributed by atoms with Crippen molar-refractivity contribution >= 4 is 16.8 Å². The lowest BCUT2D eigenvalue weighted by molar-refractivity contribution is -0.129. The van der Waals surface area contributed by atoms with Crippen molar-refractivity contribution in [2.45, 2.75) is 19.4 Å². The monoisotopic (exact) mass is 345 g/mol. The van der Waals surface area contributed by atoms with Crippen LogP contribution >= 0.6 is 0 Å². The first-order valence-corrected chi connectivity index (χ1v) is 8.97. The average Bonchev–Trinajstić information content (AvgIpc) is 3.19. The second-order valence-electron chi connectivity index (χ2n) is 7.17. The van der Waals surface area contributed by atoms with Gasteiger partial charge in [-0.15, -0.1) is 0 Å². The molecule has 1 aromatic carbocycles. The summed E-state index contributed by atoms with van der Waals surface area (Å²) in [7, 11) is 0. The predicted molar refractivity (Wildman–Crippen MR) is 93.9 cm³/mol. The van der Waals surface area contributed by atoms with E-state index in [4.69, 9.17) is 4.74 Å². The summed E-state index contributed by atoms with van der Waals surface area (Å²) in [6.45, 7) is 7.22. The Morgan fingerprint density at radius 1 is 1.32 bits per heavy atom. The molecule has 2 saturated heterocycles. The quantitative estimate of drug-likeness (QED) is 0.926. The van der Waals surface area contributed by atoms with Gasteiger partial charge in [0.05, 0.1) is 19.6 Å². The van der Waals surface area contributed by atoms with Gasteiger partial charge in [-0.05, 0) is 29.7 Å². The summed E-state index contributed by atoms with van der Waals surface area (Å²) in [4.78, 5) is 20.3. The minimum absolute atomic E-state index is 0.118. The Bertz CT molecular complexity index is 769. The lowest BCUT2D eigenvalue weighted by atomic mass is 10.0. The van der Waals surface area contributed by atoms with E-state index >= 15 is 0 Å². The number of halogens is 1. The van der Waals surface area contributed by atoms with Crippen molar-refractivity contribution in [3.05, 3.63) is 35.8 Å². The smallest absolute Gasteiger partial charge is 0.227 e. The van der Waals surface area contributed by atoms with E-state index in [1.807, 2.05) is 11.1 Å². The van der Waals surface area contributed by atoms with Crippen LogP contribution in [0.3, 0.4) is 0 Å². The summed E-state index contributed by atoms with van der Waals surface area (Å²) in [6, 6.07) is 5.05. The zero-order valence-corrected chi connectivity index (χ0v) is 14.5. The van der Waals surface area contributed by atoms with Crippen LogP contribution in [0.2, 0.25) is 0 Å². The highest BCUT2D eigenvalue weighted by Gasteiger charge is 2.36. The van der Waals surface area contributed by atoms with E-state index in [1.54, 1.807) is 6.07 Å². The molecule has 6 heteroatoms. The Balaban J connectivity index is 1.45. The van der Waals surface area contributed by atoms with Crippen LogP contribution in [0, 0.1) is 11.7 Å². The van der Waals surface area contributed by atoms with E-state index in [1.165, 1.54) is 12.1 Å². The normalized spacial score (nSPS) is 25.0. The largest absolute Gasteiger partial charge is 0.379 e. The molecule has 0 bridgehead atoms. The molecule has 1 aromatic heterocycles. The van der Waals surface area contributed by atoms with Crippen molar-refractivity contribution in [2.75, 3.05) is 39.4 Å². The van der Waals surface area contributed by atoms with Crippen LogP contribution in [0.1, 0.15) is 12.5 Å². The van der Waals surface area contributed by atoms with E-state index in [0.29, 0.717) is 18.4 Å². The van der Waals surface area contributed by atoms with Crippen LogP contribution in [-0.2, 0) is 16.0 Å². The number of carbonyl (C=O) groups excluding carboxylic acids is 1. The second-order valence-corrected chi connectivity index (χ2v) is 7.17. The van der Waals surface area contributed by atoms with Gasteiger partial charge in [-0.2, -0.15) is 0 Å². The van der Waals surface area contributed by atoms with Crippen LogP contribution < -0.4 is 0 Å². The van der Waals surface area contributed by atoms with Crippen molar-refractivity contribution < 1.29 is 13.9 Å².